The molecule has 0 aliphatic heterocycles. The molecule has 0 fully saturated rings. The zero-order chi connectivity index (χ0) is 23.1. The van der Waals surface area contributed by atoms with Crippen LogP contribution in [0.5, 0.6) is 11.5 Å². The molecule has 9 nitrogen and oxygen atoms in total. The lowest BCUT2D eigenvalue weighted by molar-refractivity contribution is -0.157. The molecule has 1 unspecified atom stereocenters. The van der Waals surface area contributed by atoms with E-state index in [0.29, 0.717) is 5.56 Å². The second-order valence-corrected chi connectivity index (χ2v) is 7.40. The van der Waals surface area contributed by atoms with Crippen molar-refractivity contribution in [2.45, 2.75) is 59.1 Å². The average molecular weight is 423 g/mol. The van der Waals surface area contributed by atoms with Gasteiger partial charge in [0.15, 0.2) is 11.5 Å². The topological polar surface area (TPSA) is 131 Å². The maximum atomic E-state index is 12.4. The molecule has 0 heterocycles. The summed E-state index contributed by atoms with van der Waals surface area (Å²) in [4.78, 5) is 46.9. The normalized spacial score (nSPS) is 13.7. The van der Waals surface area contributed by atoms with Gasteiger partial charge >= 0.3 is 23.9 Å². The molecule has 0 saturated heterocycles. The van der Waals surface area contributed by atoms with Crippen LogP contribution in [0, 0.1) is 5.92 Å². The third-order valence-corrected chi connectivity index (χ3v) is 4.07. The lowest BCUT2D eigenvalue weighted by atomic mass is 9.86. The fourth-order valence-electron chi connectivity index (χ4n) is 2.82. The van der Waals surface area contributed by atoms with Crippen LogP contribution in [0.25, 0.3) is 0 Å². The van der Waals surface area contributed by atoms with E-state index in [2.05, 4.69) is 0 Å². The fraction of sp³-hybridized carbons (Fsp3) is 0.524. The van der Waals surface area contributed by atoms with Crippen LogP contribution in [-0.4, -0.2) is 42.6 Å². The van der Waals surface area contributed by atoms with Gasteiger partial charge in [-0.1, -0.05) is 19.9 Å². The average Bonchev–Trinajstić information content (AvgIpc) is 2.61. The Labute approximate surface area is 175 Å². The fourth-order valence-corrected chi connectivity index (χ4v) is 2.82. The van der Waals surface area contributed by atoms with E-state index in [1.165, 1.54) is 33.1 Å². The first-order chi connectivity index (χ1) is 13.9. The summed E-state index contributed by atoms with van der Waals surface area (Å²) in [5.74, 6) is -2.53. The summed E-state index contributed by atoms with van der Waals surface area (Å²) in [6.45, 7) is 7.46. The Kier molecular flexibility index (Phi) is 8.97. The number of benzene rings is 1. The minimum absolute atomic E-state index is 0.00212. The Bertz CT molecular complexity index is 804. The van der Waals surface area contributed by atoms with Crippen LogP contribution >= 0.6 is 0 Å². The van der Waals surface area contributed by atoms with Crippen LogP contribution in [0.15, 0.2) is 18.2 Å². The smallest absolute Gasteiger partial charge is 0.326 e. The van der Waals surface area contributed by atoms with Crippen molar-refractivity contribution in [3.8, 4) is 11.5 Å². The van der Waals surface area contributed by atoms with Gasteiger partial charge in [-0.2, -0.15) is 0 Å². The van der Waals surface area contributed by atoms with Gasteiger partial charge < -0.3 is 24.7 Å². The molecule has 0 aliphatic rings. The van der Waals surface area contributed by atoms with Gasteiger partial charge in [-0.15, -0.1) is 0 Å². The Balaban J connectivity index is 3.17. The molecule has 2 atom stereocenters. The number of hydrogen-bond donors (Lipinski definition) is 1. The first-order valence-corrected chi connectivity index (χ1v) is 9.45. The van der Waals surface area contributed by atoms with Crippen molar-refractivity contribution in [2.75, 3.05) is 7.11 Å². The maximum Gasteiger partial charge on any atom is 0.326 e. The molecule has 0 aliphatic carbocycles. The first kappa shape index (κ1) is 25.1. The molecule has 30 heavy (non-hydrogen) atoms. The van der Waals surface area contributed by atoms with E-state index in [0.717, 1.165) is 0 Å². The van der Waals surface area contributed by atoms with E-state index >= 15 is 0 Å². The minimum atomic E-state index is -1.51. The van der Waals surface area contributed by atoms with Crippen molar-refractivity contribution in [3.05, 3.63) is 23.8 Å². The summed E-state index contributed by atoms with van der Waals surface area (Å²) >= 11 is 0. The zero-order valence-corrected chi connectivity index (χ0v) is 18.1. The van der Waals surface area contributed by atoms with E-state index in [4.69, 9.17) is 24.7 Å². The van der Waals surface area contributed by atoms with E-state index < -0.39 is 35.5 Å². The maximum absolute atomic E-state index is 12.4. The Morgan fingerprint density at radius 3 is 2.07 bits per heavy atom. The van der Waals surface area contributed by atoms with Crippen molar-refractivity contribution in [1.29, 1.82) is 0 Å². The number of nitrogens with two attached hydrogens (primary N) is 1. The number of carbonyl (C=O) groups is 4. The number of carbonyl (C=O) groups excluding carboxylic acids is 4. The second-order valence-electron chi connectivity index (χ2n) is 7.40. The molecule has 0 radical (unpaired) electrons. The molecule has 0 aromatic heterocycles. The molecule has 0 saturated carbocycles. The molecule has 0 bridgehead atoms. The number of methoxy groups -OCH3 is 1. The number of esters is 4. The summed E-state index contributed by atoms with van der Waals surface area (Å²) in [5, 5.41) is 0. The van der Waals surface area contributed by atoms with Crippen molar-refractivity contribution in [3.63, 3.8) is 0 Å². The Hall–Kier alpha value is -2.94. The van der Waals surface area contributed by atoms with Gasteiger partial charge in [-0.25, -0.2) is 0 Å². The lowest BCUT2D eigenvalue weighted by Gasteiger charge is -2.29. The highest BCUT2D eigenvalue weighted by atomic mass is 16.6. The lowest BCUT2D eigenvalue weighted by Crippen LogP contribution is -2.53. The quantitative estimate of drug-likeness (QED) is 0.467. The summed E-state index contributed by atoms with van der Waals surface area (Å²) in [6.07, 6.45) is -0.637. The van der Waals surface area contributed by atoms with Crippen molar-refractivity contribution >= 4 is 23.9 Å². The van der Waals surface area contributed by atoms with Gasteiger partial charge in [0.1, 0.15) is 11.6 Å². The second kappa shape index (κ2) is 10.7. The molecule has 0 amide bonds. The molecule has 1 aromatic rings. The Morgan fingerprint density at radius 2 is 1.57 bits per heavy atom. The van der Waals surface area contributed by atoms with Gasteiger partial charge in [0, 0.05) is 26.7 Å². The van der Waals surface area contributed by atoms with E-state index in [-0.39, 0.29) is 30.3 Å². The number of rotatable bonds is 9. The summed E-state index contributed by atoms with van der Waals surface area (Å²) in [7, 11) is 1.21. The van der Waals surface area contributed by atoms with E-state index in [1.54, 1.807) is 26.8 Å². The molecular formula is C21H29NO8. The van der Waals surface area contributed by atoms with E-state index in [9.17, 15) is 19.2 Å². The van der Waals surface area contributed by atoms with Crippen molar-refractivity contribution < 1.29 is 38.1 Å². The molecule has 9 heteroatoms. The molecule has 2 N–H and O–H groups in total. The minimum Gasteiger partial charge on any atom is -0.468 e. The van der Waals surface area contributed by atoms with Crippen LogP contribution in [0.2, 0.25) is 0 Å². The van der Waals surface area contributed by atoms with Crippen LogP contribution in [-0.2, 0) is 35.1 Å². The van der Waals surface area contributed by atoms with E-state index in [1.807, 2.05) is 0 Å². The molecular weight excluding hydrogens is 394 g/mol. The number of ether oxygens (including phenoxy) is 4. The monoisotopic (exact) mass is 423 g/mol. The van der Waals surface area contributed by atoms with Crippen LogP contribution in [0.3, 0.4) is 0 Å². The molecule has 1 rings (SSSR count). The van der Waals surface area contributed by atoms with Crippen molar-refractivity contribution in [1.82, 2.24) is 0 Å². The predicted molar refractivity (Wildman–Crippen MR) is 107 cm³/mol. The summed E-state index contributed by atoms with van der Waals surface area (Å²) in [6, 6.07) is 4.48. The zero-order valence-electron chi connectivity index (χ0n) is 18.1. The van der Waals surface area contributed by atoms with Gasteiger partial charge in [-0.05, 0) is 24.6 Å². The molecule has 1 aromatic carbocycles. The summed E-state index contributed by atoms with van der Waals surface area (Å²) < 4.78 is 20.3. The van der Waals surface area contributed by atoms with Crippen LogP contribution in [0.4, 0.5) is 0 Å². The van der Waals surface area contributed by atoms with Gasteiger partial charge in [0.05, 0.1) is 13.0 Å². The van der Waals surface area contributed by atoms with Gasteiger partial charge in [0.2, 0.25) is 0 Å². The highest BCUT2D eigenvalue weighted by Gasteiger charge is 2.38. The largest absolute Gasteiger partial charge is 0.468 e. The standard InChI is InChI=1S/C21H29NO8/c1-12(2)19(25)28-13(3)10-21(22,20(26)27-6)11-16-7-8-17(29-14(4)23)18(9-16)30-15(5)24/h7-9,12-13H,10-11,22H2,1-6H3/t13?,21-/m1/s1. The molecule has 0 spiro atoms. The van der Waals surface area contributed by atoms with Crippen molar-refractivity contribution in [2.24, 2.45) is 11.7 Å². The highest BCUT2D eigenvalue weighted by Crippen LogP contribution is 2.31. The predicted octanol–water partition coefficient (Wildman–Crippen LogP) is 1.93. The number of hydrogen-bond acceptors (Lipinski definition) is 9. The SMILES string of the molecule is COC(=O)[C@](N)(Cc1ccc(OC(C)=O)c(OC(C)=O)c1)CC(C)OC(=O)C(C)C. The third kappa shape index (κ3) is 7.47. The van der Waals surface area contributed by atoms with Crippen LogP contribution in [0.1, 0.15) is 46.6 Å². The highest BCUT2D eigenvalue weighted by molar-refractivity contribution is 5.81. The molecule has 166 valence electrons. The summed E-state index contributed by atoms with van der Waals surface area (Å²) in [5.41, 5.74) is 5.36. The first-order valence-electron chi connectivity index (χ1n) is 9.45. The van der Waals surface area contributed by atoms with Crippen LogP contribution < -0.4 is 15.2 Å². The third-order valence-electron chi connectivity index (χ3n) is 4.07. The Morgan fingerprint density at radius 1 is 1.00 bits per heavy atom. The van der Waals surface area contributed by atoms with Gasteiger partial charge in [-0.3, -0.25) is 19.2 Å². The van der Waals surface area contributed by atoms with Gasteiger partial charge in [0.25, 0.3) is 0 Å².